The van der Waals surface area contributed by atoms with Gasteiger partial charge < -0.3 is 5.73 Å². The molecule has 1 aromatic heterocycles. The van der Waals surface area contributed by atoms with Crippen LogP contribution in [0.2, 0.25) is 0 Å². The van der Waals surface area contributed by atoms with Crippen molar-refractivity contribution in [3.05, 3.63) is 56.8 Å². The second kappa shape index (κ2) is 6.33. The van der Waals surface area contributed by atoms with Gasteiger partial charge in [-0.25, -0.2) is 0 Å². The maximum absolute atomic E-state index is 5.70. The first-order valence-corrected chi connectivity index (χ1v) is 7.43. The van der Waals surface area contributed by atoms with Crippen LogP contribution in [0.5, 0.6) is 0 Å². The van der Waals surface area contributed by atoms with E-state index >= 15 is 0 Å². The van der Waals surface area contributed by atoms with Crippen molar-refractivity contribution in [1.82, 2.24) is 4.90 Å². The van der Waals surface area contributed by atoms with E-state index in [1.165, 1.54) is 26.4 Å². The summed E-state index contributed by atoms with van der Waals surface area (Å²) in [4.78, 5) is 5.02. The van der Waals surface area contributed by atoms with Crippen molar-refractivity contribution in [3.63, 3.8) is 0 Å². The van der Waals surface area contributed by atoms with Crippen LogP contribution in [0, 0.1) is 13.8 Å². The van der Waals surface area contributed by atoms with Gasteiger partial charge in [-0.3, -0.25) is 4.90 Å². The minimum atomic E-state index is 0.646. The molecule has 1 heterocycles. The third kappa shape index (κ3) is 3.66. The second-order valence-corrected chi connectivity index (χ2v) is 6.44. The highest BCUT2D eigenvalue weighted by Crippen LogP contribution is 2.23. The molecule has 19 heavy (non-hydrogen) atoms. The number of hydrogen-bond acceptors (Lipinski definition) is 3. The van der Waals surface area contributed by atoms with E-state index in [-0.39, 0.29) is 0 Å². The average Bonchev–Trinajstić information content (AvgIpc) is 2.73. The lowest BCUT2D eigenvalue weighted by molar-refractivity contribution is 0.318. The molecule has 102 valence electrons. The Morgan fingerprint density at radius 3 is 2.42 bits per heavy atom. The molecular weight excluding hydrogens is 252 g/mol. The Bertz CT molecular complexity index is 545. The van der Waals surface area contributed by atoms with Crippen LogP contribution in [0.3, 0.4) is 0 Å². The summed E-state index contributed by atoms with van der Waals surface area (Å²) in [7, 11) is 2.17. The quantitative estimate of drug-likeness (QED) is 0.905. The molecule has 0 saturated heterocycles. The van der Waals surface area contributed by atoms with E-state index in [4.69, 9.17) is 5.73 Å². The molecule has 0 aliphatic heterocycles. The Balaban J connectivity index is 2.03. The van der Waals surface area contributed by atoms with Gasteiger partial charge in [0, 0.05) is 29.4 Å². The second-order valence-electron chi connectivity index (χ2n) is 5.10. The van der Waals surface area contributed by atoms with Gasteiger partial charge in [-0.2, -0.15) is 0 Å². The molecule has 2 N–H and O–H groups in total. The fourth-order valence-electron chi connectivity index (χ4n) is 2.27. The van der Waals surface area contributed by atoms with E-state index in [9.17, 15) is 0 Å². The minimum Gasteiger partial charge on any atom is -0.326 e. The molecule has 0 spiro atoms. The van der Waals surface area contributed by atoms with Crippen molar-refractivity contribution in [1.29, 1.82) is 0 Å². The molecule has 1 aromatic carbocycles. The maximum atomic E-state index is 5.70. The predicted molar refractivity (Wildman–Crippen MR) is 83.3 cm³/mol. The topological polar surface area (TPSA) is 29.3 Å². The van der Waals surface area contributed by atoms with Gasteiger partial charge in [0.25, 0.3) is 0 Å². The predicted octanol–water partition coefficient (Wildman–Crippen LogP) is 3.46. The summed E-state index contributed by atoms with van der Waals surface area (Å²) in [6.45, 7) is 6.97. The molecule has 0 aliphatic carbocycles. The third-order valence-corrected chi connectivity index (χ3v) is 4.53. The monoisotopic (exact) mass is 274 g/mol. The fourth-order valence-corrected chi connectivity index (χ4v) is 3.20. The zero-order chi connectivity index (χ0) is 13.8. The normalized spacial score (nSPS) is 11.2. The molecule has 2 nitrogen and oxygen atoms in total. The number of aryl methyl sites for hydroxylation is 2. The molecule has 0 unspecified atom stereocenters. The van der Waals surface area contributed by atoms with E-state index in [1.807, 2.05) is 11.3 Å². The average molecular weight is 274 g/mol. The number of hydrogen-bond donors (Lipinski definition) is 1. The van der Waals surface area contributed by atoms with Gasteiger partial charge in [0.15, 0.2) is 0 Å². The highest BCUT2D eigenvalue weighted by molar-refractivity contribution is 7.12. The van der Waals surface area contributed by atoms with Crippen LogP contribution in [-0.2, 0) is 19.6 Å². The van der Waals surface area contributed by atoms with Crippen molar-refractivity contribution in [2.24, 2.45) is 5.73 Å². The Hall–Kier alpha value is -1.16. The molecule has 0 amide bonds. The first kappa shape index (κ1) is 14.3. The number of thiophene rings is 1. The lowest BCUT2D eigenvalue weighted by atomic mass is 10.1. The molecule has 2 aromatic rings. The summed E-state index contributed by atoms with van der Waals surface area (Å²) in [5.41, 5.74) is 9.87. The summed E-state index contributed by atoms with van der Waals surface area (Å²) in [6.07, 6.45) is 0. The van der Waals surface area contributed by atoms with Crippen LogP contribution in [0.15, 0.2) is 30.3 Å². The van der Waals surface area contributed by atoms with Crippen LogP contribution in [0.4, 0.5) is 0 Å². The molecule has 0 bridgehead atoms. The van der Waals surface area contributed by atoms with Crippen LogP contribution in [0.25, 0.3) is 0 Å². The summed E-state index contributed by atoms with van der Waals surface area (Å²) >= 11 is 1.81. The van der Waals surface area contributed by atoms with Crippen molar-refractivity contribution in [2.75, 3.05) is 7.05 Å². The van der Waals surface area contributed by atoms with E-state index < -0.39 is 0 Å². The highest BCUT2D eigenvalue weighted by Gasteiger charge is 2.08. The standard InChI is InChI=1S/C16H22N2S/c1-12-6-4-5-7-14(12)10-18(3)11-15-8-16(9-17)19-13(15)2/h4-8H,9-11,17H2,1-3H3. The Morgan fingerprint density at radius 1 is 1.11 bits per heavy atom. The molecule has 0 fully saturated rings. The highest BCUT2D eigenvalue weighted by atomic mass is 32.1. The maximum Gasteiger partial charge on any atom is 0.0274 e. The molecule has 0 aliphatic rings. The number of nitrogens with two attached hydrogens (primary N) is 1. The lowest BCUT2D eigenvalue weighted by Gasteiger charge is -2.18. The zero-order valence-corrected chi connectivity index (χ0v) is 12.8. The third-order valence-electron chi connectivity index (χ3n) is 3.41. The van der Waals surface area contributed by atoms with Crippen molar-refractivity contribution < 1.29 is 0 Å². The van der Waals surface area contributed by atoms with Crippen molar-refractivity contribution in [3.8, 4) is 0 Å². The first-order valence-electron chi connectivity index (χ1n) is 6.61. The van der Waals surface area contributed by atoms with E-state index in [0.29, 0.717) is 6.54 Å². The van der Waals surface area contributed by atoms with E-state index in [0.717, 1.165) is 13.1 Å². The van der Waals surface area contributed by atoms with Gasteiger partial charge >= 0.3 is 0 Å². The smallest absolute Gasteiger partial charge is 0.0274 e. The Kier molecular flexibility index (Phi) is 4.75. The molecule has 0 atom stereocenters. The van der Waals surface area contributed by atoms with Gasteiger partial charge in [0.2, 0.25) is 0 Å². The summed E-state index contributed by atoms with van der Waals surface area (Å²) < 4.78 is 0. The van der Waals surface area contributed by atoms with Crippen LogP contribution >= 0.6 is 11.3 Å². The van der Waals surface area contributed by atoms with Crippen LogP contribution in [-0.4, -0.2) is 11.9 Å². The number of benzene rings is 1. The molecular formula is C16H22N2S. The summed E-state index contributed by atoms with van der Waals surface area (Å²) in [5.74, 6) is 0. The van der Waals surface area contributed by atoms with E-state index in [1.54, 1.807) is 0 Å². The number of rotatable bonds is 5. The van der Waals surface area contributed by atoms with Crippen molar-refractivity contribution >= 4 is 11.3 Å². The van der Waals surface area contributed by atoms with Crippen LogP contribution in [0.1, 0.15) is 26.4 Å². The SMILES string of the molecule is Cc1ccccc1CN(C)Cc1cc(CN)sc1C. The molecule has 0 saturated carbocycles. The largest absolute Gasteiger partial charge is 0.326 e. The lowest BCUT2D eigenvalue weighted by Crippen LogP contribution is -2.17. The van der Waals surface area contributed by atoms with E-state index in [2.05, 4.69) is 56.1 Å². The van der Waals surface area contributed by atoms with Gasteiger partial charge in [-0.05, 0) is 43.7 Å². The zero-order valence-electron chi connectivity index (χ0n) is 11.9. The minimum absolute atomic E-state index is 0.646. The fraction of sp³-hybridized carbons (Fsp3) is 0.375. The molecule has 0 radical (unpaired) electrons. The van der Waals surface area contributed by atoms with Gasteiger partial charge in [-0.15, -0.1) is 11.3 Å². The summed E-state index contributed by atoms with van der Waals surface area (Å²) in [5, 5.41) is 0. The van der Waals surface area contributed by atoms with Gasteiger partial charge in [0.1, 0.15) is 0 Å². The molecule has 3 heteroatoms. The first-order chi connectivity index (χ1) is 9.10. The van der Waals surface area contributed by atoms with Gasteiger partial charge in [0.05, 0.1) is 0 Å². The Morgan fingerprint density at radius 2 is 1.79 bits per heavy atom. The summed E-state index contributed by atoms with van der Waals surface area (Å²) in [6, 6.07) is 10.8. The van der Waals surface area contributed by atoms with Crippen molar-refractivity contribution in [2.45, 2.75) is 33.5 Å². The molecule has 2 rings (SSSR count). The Labute approximate surface area is 119 Å². The number of nitrogens with zero attached hydrogens (tertiary/aromatic N) is 1. The van der Waals surface area contributed by atoms with Crippen LogP contribution < -0.4 is 5.73 Å². The van der Waals surface area contributed by atoms with Gasteiger partial charge in [-0.1, -0.05) is 24.3 Å².